The van der Waals surface area contributed by atoms with E-state index in [4.69, 9.17) is 0 Å². The summed E-state index contributed by atoms with van der Waals surface area (Å²) in [5, 5.41) is 3.21. The molecule has 1 aromatic heterocycles. The molecule has 0 radical (unpaired) electrons. The van der Waals surface area contributed by atoms with Gasteiger partial charge in [-0.1, -0.05) is 13.0 Å². The third-order valence-corrected chi connectivity index (χ3v) is 8.11. The van der Waals surface area contributed by atoms with Gasteiger partial charge >= 0.3 is 0 Å². The Morgan fingerprint density at radius 3 is 2.37 bits per heavy atom. The van der Waals surface area contributed by atoms with Crippen molar-refractivity contribution in [1.82, 2.24) is 14.6 Å². The predicted octanol–water partition coefficient (Wildman–Crippen LogP) is 1.63. The van der Waals surface area contributed by atoms with Crippen molar-refractivity contribution in [3.05, 3.63) is 54.4 Å². The summed E-state index contributed by atoms with van der Waals surface area (Å²) in [7, 11) is -7.12. The molecule has 0 bridgehead atoms. The van der Waals surface area contributed by atoms with Gasteiger partial charge in [0.05, 0.1) is 21.6 Å². The zero-order valence-corrected chi connectivity index (χ0v) is 17.2. The third kappa shape index (κ3) is 4.49. The molecule has 1 atom stereocenters. The van der Waals surface area contributed by atoms with Crippen molar-refractivity contribution < 1.29 is 16.8 Å². The molecule has 3 rings (SSSR count). The van der Waals surface area contributed by atoms with Crippen molar-refractivity contribution in [2.75, 3.05) is 25.4 Å². The number of hydrogen-bond donors (Lipinski definition) is 1. The minimum atomic E-state index is -3.76. The average Bonchev–Trinajstić information content (AvgIpc) is 2.69. The molecule has 0 amide bonds. The molecule has 0 aliphatic carbocycles. The van der Waals surface area contributed by atoms with Crippen LogP contribution in [-0.4, -0.2) is 51.5 Å². The molecule has 1 saturated heterocycles. The fraction of sp³-hybridized carbons (Fsp3) is 0.353. The molecule has 1 aliphatic rings. The van der Waals surface area contributed by atoms with Crippen molar-refractivity contribution in [3.63, 3.8) is 0 Å². The predicted molar refractivity (Wildman–Crippen MR) is 105 cm³/mol. The Bertz CT molecular complexity index is 965. The van der Waals surface area contributed by atoms with E-state index in [0.29, 0.717) is 19.6 Å². The number of sulfone groups is 1. The Morgan fingerprint density at radius 2 is 1.78 bits per heavy atom. The third-order valence-electron chi connectivity index (χ3n) is 4.43. The normalized spacial score (nSPS) is 18.6. The van der Waals surface area contributed by atoms with Crippen LogP contribution in [0.2, 0.25) is 0 Å². The molecule has 10 heteroatoms. The highest BCUT2D eigenvalue weighted by atomic mass is 35.5. The van der Waals surface area contributed by atoms with Gasteiger partial charge in [-0.05, 0) is 35.9 Å². The van der Waals surface area contributed by atoms with Gasteiger partial charge in [0.2, 0.25) is 10.0 Å². The van der Waals surface area contributed by atoms with Crippen LogP contribution < -0.4 is 5.32 Å². The van der Waals surface area contributed by atoms with Gasteiger partial charge in [0.1, 0.15) is 0 Å². The first-order chi connectivity index (χ1) is 12.4. The SMILES string of the molecule is CCS(=O)(=O)c1ccc(S(=O)(=O)N2CCNCC2c2cccnc2)cc1.Cl. The van der Waals surface area contributed by atoms with Crippen molar-refractivity contribution in [3.8, 4) is 0 Å². The average molecular weight is 432 g/mol. The van der Waals surface area contributed by atoms with E-state index in [0.717, 1.165) is 5.56 Å². The fourth-order valence-electron chi connectivity index (χ4n) is 2.95. The Kier molecular flexibility index (Phi) is 6.98. The Morgan fingerprint density at radius 1 is 1.11 bits per heavy atom. The summed E-state index contributed by atoms with van der Waals surface area (Å²) in [5.41, 5.74) is 0.813. The van der Waals surface area contributed by atoms with E-state index in [1.807, 2.05) is 6.07 Å². The van der Waals surface area contributed by atoms with Gasteiger partial charge in [0.25, 0.3) is 0 Å². The lowest BCUT2D eigenvalue weighted by molar-refractivity contribution is 0.271. The number of nitrogens with zero attached hydrogens (tertiary/aromatic N) is 2. The summed E-state index contributed by atoms with van der Waals surface area (Å²) in [5.74, 6) is -0.0278. The number of halogens is 1. The second kappa shape index (κ2) is 8.66. The second-order valence-electron chi connectivity index (χ2n) is 6.00. The number of aromatic nitrogens is 1. The van der Waals surface area contributed by atoms with E-state index in [9.17, 15) is 16.8 Å². The molecule has 0 saturated carbocycles. The number of benzene rings is 1. The zero-order chi connectivity index (χ0) is 18.8. The minimum Gasteiger partial charge on any atom is -0.313 e. The fourth-order valence-corrected chi connectivity index (χ4v) is 5.45. The molecule has 7 nitrogen and oxygen atoms in total. The molecule has 1 aliphatic heterocycles. The van der Waals surface area contributed by atoms with E-state index in [1.54, 1.807) is 25.4 Å². The maximum atomic E-state index is 13.1. The molecule has 2 heterocycles. The summed E-state index contributed by atoms with van der Waals surface area (Å²) in [6, 6.07) is 8.70. The number of nitrogens with one attached hydrogen (secondary N) is 1. The second-order valence-corrected chi connectivity index (χ2v) is 10.2. The summed E-state index contributed by atoms with van der Waals surface area (Å²) >= 11 is 0. The largest absolute Gasteiger partial charge is 0.313 e. The lowest BCUT2D eigenvalue weighted by Gasteiger charge is -2.35. The van der Waals surface area contributed by atoms with E-state index >= 15 is 0 Å². The van der Waals surface area contributed by atoms with Crippen LogP contribution in [0.4, 0.5) is 0 Å². The Hall–Kier alpha value is -1.52. The molecule has 2 aromatic rings. The monoisotopic (exact) mass is 431 g/mol. The molecular weight excluding hydrogens is 410 g/mol. The quantitative estimate of drug-likeness (QED) is 0.772. The topological polar surface area (TPSA) is 96.4 Å². The molecule has 27 heavy (non-hydrogen) atoms. The van der Waals surface area contributed by atoms with Gasteiger partial charge in [-0.2, -0.15) is 4.31 Å². The van der Waals surface area contributed by atoms with Gasteiger partial charge in [0.15, 0.2) is 9.84 Å². The van der Waals surface area contributed by atoms with Crippen LogP contribution in [0.3, 0.4) is 0 Å². The molecule has 1 N–H and O–H groups in total. The standard InChI is InChI=1S/C17H21N3O4S2.ClH/c1-2-25(21,22)15-5-7-16(8-6-15)26(23,24)20-11-10-19-13-17(20)14-4-3-9-18-12-14;/h3-9,12,17,19H,2,10-11,13H2,1H3;1H. The molecule has 1 fully saturated rings. The van der Waals surface area contributed by atoms with E-state index in [-0.39, 0.29) is 34.0 Å². The first kappa shape index (κ1) is 21.8. The molecule has 0 spiro atoms. The molecule has 148 valence electrons. The lowest BCUT2D eigenvalue weighted by atomic mass is 10.1. The molecule has 1 aromatic carbocycles. The zero-order valence-electron chi connectivity index (χ0n) is 14.8. The highest BCUT2D eigenvalue weighted by Crippen LogP contribution is 2.29. The number of piperazine rings is 1. The lowest BCUT2D eigenvalue weighted by Crippen LogP contribution is -2.48. The van der Waals surface area contributed by atoms with E-state index in [1.165, 1.54) is 28.6 Å². The van der Waals surface area contributed by atoms with Gasteiger partial charge in [-0.25, -0.2) is 16.8 Å². The molecular formula is C17H22ClN3O4S2. The number of sulfonamides is 1. The number of hydrogen-bond acceptors (Lipinski definition) is 6. The summed E-state index contributed by atoms with van der Waals surface area (Å²) in [6.45, 7) is 2.93. The van der Waals surface area contributed by atoms with Crippen molar-refractivity contribution in [2.45, 2.75) is 22.8 Å². The summed E-state index contributed by atoms with van der Waals surface area (Å²) in [4.78, 5) is 4.30. The van der Waals surface area contributed by atoms with Gasteiger partial charge in [-0.15, -0.1) is 12.4 Å². The van der Waals surface area contributed by atoms with Crippen molar-refractivity contribution >= 4 is 32.3 Å². The van der Waals surface area contributed by atoms with Crippen LogP contribution in [0.5, 0.6) is 0 Å². The van der Waals surface area contributed by atoms with Crippen molar-refractivity contribution in [2.24, 2.45) is 0 Å². The van der Waals surface area contributed by atoms with E-state index < -0.39 is 19.9 Å². The smallest absolute Gasteiger partial charge is 0.243 e. The van der Waals surface area contributed by atoms with Crippen molar-refractivity contribution in [1.29, 1.82) is 0 Å². The van der Waals surface area contributed by atoms with Crippen LogP contribution in [0.1, 0.15) is 18.5 Å². The Balaban J connectivity index is 0.00000261. The van der Waals surface area contributed by atoms with Gasteiger partial charge < -0.3 is 5.32 Å². The van der Waals surface area contributed by atoms with Crippen LogP contribution in [0.15, 0.2) is 58.6 Å². The van der Waals surface area contributed by atoms with E-state index in [2.05, 4.69) is 10.3 Å². The van der Waals surface area contributed by atoms with Crippen LogP contribution in [0.25, 0.3) is 0 Å². The maximum Gasteiger partial charge on any atom is 0.243 e. The van der Waals surface area contributed by atoms with Crippen LogP contribution >= 0.6 is 12.4 Å². The minimum absolute atomic E-state index is 0. The summed E-state index contributed by atoms with van der Waals surface area (Å²) < 4.78 is 51.6. The highest BCUT2D eigenvalue weighted by molar-refractivity contribution is 7.91. The first-order valence-electron chi connectivity index (χ1n) is 8.31. The Labute approximate surface area is 166 Å². The summed E-state index contributed by atoms with van der Waals surface area (Å²) in [6.07, 6.45) is 3.31. The van der Waals surface area contributed by atoms with Crippen LogP contribution in [0, 0.1) is 0 Å². The number of rotatable bonds is 5. The first-order valence-corrected chi connectivity index (χ1v) is 11.4. The van der Waals surface area contributed by atoms with Gasteiger partial charge in [0, 0.05) is 32.0 Å². The number of pyridine rings is 1. The highest BCUT2D eigenvalue weighted by Gasteiger charge is 2.34. The maximum absolute atomic E-state index is 13.1. The van der Waals surface area contributed by atoms with Crippen LogP contribution in [-0.2, 0) is 19.9 Å². The molecule has 1 unspecified atom stereocenters. The van der Waals surface area contributed by atoms with Gasteiger partial charge in [-0.3, -0.25) is 4.98 Å².